The van der Waals surface area contributed by atoms with Gasteiger partial charge in [0.15, 0.2) is 0 Å². The Kier molecular flexibility index (Phi) is 5.63. The van der Waals surface area contributed by atoms with Crippen molar-refractivity contribution in [3.8, 4) is 5.82 Å². The predicted octanol–water partition coefficient (Wildman–Crippen LogP) is 2.21. The largest absolute Gasteiger partial charge is 0.322 e. The van der Waals surface area contributed by atoms with E-state index < -0.39 is 10.0 Å². The molecule has 0 saturated carbocycles. The summed E-state index contributed by atoms with van der Waals surface area (Å²) in [5.41, 5.74) is 0.883. The molecule has 0 saturated heterocycles. The summed E-state index contributed by atoms with van der Waals surface area (Å²) in [4.78, 5) is 20.7. The van der Waals surface area contributed by atoms with Crippen LogP contribution in [0, 0.1) is 0 Å². The zero-order valence-electron chi connectivity index (χ0n) is 14.7. The molecule has 0 aliphatic heterocycles. The number of sulfonamides is 1. The standard InChI is InChI=1S/C18H19N5O3S/c1-2-9-21-27(25,26)16-6-4-15(5-7-16)22-18(24)14-3-8-17(20-12-14)23-11-10-19-13-23/h3-8,10-13,21H,2,9H2,1H3,(H,22,24). The molecule has 1 amide bonds. The summed E-state index contributed by atoms with van der Waals surface area (Å²) in [6.45, 7) is 2.26. The predicted molar refractivity (Wildman–Crippen MR) is 101 cm³/mol. The van der Waals surface area contributed by atoms with Gasteiger partial charge in [-0.1, -0.05) is 6.92 Å². The van der Waals surface area contributed by atoms with E-state index in [0.29, 0.717) is 30.0 Å². The molecule has 2 N–H and O–H groups in total. The number of nitrogens with zero attached hydrogens (tertiary/aromatic N) is 3. The van der Waals surface area contributed by atoms with Crippen molar-refractivity contribution in [3.63, 3.8) is 0 Å². The van der Waals surface area contributed by atoms with Gasteiger partial charge in [0, 0.05) is 30.8 Å². The normalized spacial score (nSPS) is 11.3. The van der Waals surface area contributed by atoms with E-state index in [2.05, 4.69) is 20.0 Å². The van der Waals surface area contributed by atoms with Gasteiger partial charge in [-0.15, -0.1) is 0 Å². The number of aromatic nitrogens is 3. The van der Waals surface area contributed by atoms with Crippen LogP contribution in [-0.4, -0.2) is 35.4 Å². The quantitative estimate of drug-likeness (QED) is 0.649. The molecule has 0 fully saturated rings. The second-order valence-electron chi connectivity index (χ2n) is 5.75. The van der Waals surface area contributed by atoms with Gasteiger partial charge in [0.2, 0.25) is 10.0 Å². The number of hydrogen-bond acceptors (Lipinski definition) is 5. The fourth-order valence-corrected chi connectivity index (χ4v) is 3.44. The molecule has 3 aromatic rings. The summed E-state index contributed by atoms with van der Waals surface area (Å²) in [6, 6.07) is 9.37. The monoisotopic (exact) mass is 385 g/mol. The van der Waals surface area contributed by atoms with Crippen molar-refractivity contribution >= 4 is 21.6 Å². The number of rotatable bonds is 7. The minimum atomic E-state index is -3.53. The summed E-state index contributed by atoms with van der Waals surface area (Å²) in [5, 5.41) is 2.72. The number of pyridine rings is 1. The number of carbonyl (C=O) groups is 1. The summed E-state index contributed by atoms with van der Waals surface area (Å²) >= 11 is 0. The van der Waals surface area contributed by atoms with Crippen LogP contribution in [0.2, 0.25) is 0 Å². The first-order chi connectivity index (χ1) is 13.0. The smallest absolute Gasteiger partial charge is 0.257 e. The molecule has 8 nitrogen and oxygen atoms in total. The Balaban J connectivity index is 1.67. The van der Waals surface area contributed by atoms with E-state index >= 15 is 0 Å². The van der Waals surface area contributed by atoms with Gasteiger partial charge in [0.25, 0.3) is 5.91 Å². The minimum absolute atomic E-state index is 0.153. The second-order valence-corrected chi connectivity index (χ2v) is 7.52. The van der Waals surface area contributed by atoms with Gasteiger partial charge in [-0.2, -0.15) is 0 Å². The van der Waals surface area contributed by atoms with Crippen molar-refractivity contribution in [3.05, 3.63) is 66.9 Å². The van der Waals surface area contributed by atoms with Gasteiger partial charge < -0.3 is 5.32 Å². The average Bonchev–Trinajstić information content (AvgIpc) is 3.22. The molecule has 1 aromatic carbocycles. The number of anilines is 1. The lowest BCUT2D eigenvalue weighted by Gasteiger charge is -2.08. The molecular weight excluding hydrogens is 366 g/mol. The molecule has 0 aliphatic rings. The van der Waals surface area contributed by atoms with Crippen LogP contribution < -0.4 is 10.0 Å². The van der Waals surface area contributed by atoms with Crippen LogP contribution in [0.5, 0.6) is 0 Å². The Labute approximate surface area is 157 Å². The van der Waals surface area contributed by atoms with Gasteiger partial charge in [0.1, 0.15) is 12.1 Å². The van der Waals surface area contributed by atoms with E-state index in [1.54, 1.807) is 47.6 Å². The topological polar surface area (TPSA) is 106 Å². The second kappa shape index (κ2) is 8.11. The van der Waals surface area contributed by atoms with E-state index in [4.69, 9.17) is 0 Å². The number of hydrogen-bond donors (Lipinski definition) is 2. The molecular formula is C18H19N5O3S. The lowest BCUT2D eigenvalue weighted by molar-refractivity contribution is 0.102. The highest BCUT2D eigenvalue weighted by Crippen LogP contribution is 2.15. The first-order valence-electron chi connectivity index (χ1n) is 8.35. The number of carbonyl (C=O) groups excluding carboxylic acids is 1. The fraction of sp³-hybridized carbons (Fsp3) is 0.167. The van der Waals surface area contributed by atoms with Crippen LogP contribution in [-0.2, 0) is 10.0 Å². The van der Waals surface area contributed by atoms with E-state index in [1.807, 2.05) is 6.92 Å². The van der Waals surface area contributed by atoms with Gasteiger partial charge in [0.05, 0.1) is 10.5 Å². The number of nitrogens with one attached hydrogen (secondary N) is 2. The summed E-state index contributed by atoms with van der Waals surface area (Å²) < 4.78 is 28.4. The van der Waals surface area contributed by atoms with Crippen molar-refractivity contribution in [2.75, 3.05) is 11.9 Å². The Morgan fingerprint density at radius 3 is 2.52 bits per heavy atom. The maximum Gasteiger partial charge on any atom is 0.257 e. The molecule has 0 atom stereocenters. The van der Waals surface area contributed by atoms with Crippen LogP contribution in [0.25, 0.3) is 5.82 Å². The van der Waals surface area contributed by atoms with E-state index in [9.17, 15) is 13.2 Å². The van der Waals surface area contributed by atoms with Crippen molar-refractivity contribution in [1.82, 2.24) is 19.3 Å². The zero-order valence-corrected chi connectivity index (χ0v) is 15.5. The Hall–Kier alpha value is -3.04. The van der Waals surface area contributed by atoms with Gasteiger partial charge in [-0.3, -0.25) is 9.36 Å². The van der Waals surface area contributed by atoms with Gasteiger partial charge in [-0.25, -0.2) is 23.1 Å². The molecule has 9 heteroatoms. The molecule has 2 aromatic heterocycles. The molecule has 3 rings (SSSR count). The maximum atomic E-state index is 12.3. The molecule has 2 heterocycles. The summed E-state index contributed by atoms with van der Waals surface area (Å²) in [5.74, 6) is 0.317. The fourth-order valence-electron chi connectivity index (χ4n) is 2.31. The van der Waals surface area contributed by atoms with Crippen molar-refractivity contribution in [2.45, 2.75) is 18.2 Å². The highest BCUT2D eigenvalue weighted by Gasteiger charge is 2.13. The number of imidazole rings is 1. The number of amides is 1. The van der Waals surface area contributed by atoms with Crippen molar-refractivity contribution in [2.24, 2.45) is 0 Å². The van der Waals surface area contributed by atoms with Crippen molar-refractivity contribution < 1.29 is 13.2 Å². The molecule has 140 valence electrons. The molecule has 0 unspecified atom stereocenters. The molecule has 0 bridgehead atoms. The lowest BCUT2D eigenvalue weighted by atomic mass is 10.2. The minimum Gasteiger partial charge on any atom is -0.322 e. The third-order valence-corrected chi connectivity index (χ3v) is 5.22. The van der Waals surface area contributed by atoms with Gasteiger partial charge >= 0.3 is 0 Å². The Morgan fingerprint density at radius 2 is 1.93 bits per heavy atom. The van der Waals surface area contributed by atoms with Crippen LogP contribution >= 0.6 is 0 Å². The Morgan fingerprint density at radius 1 is 1.15 bits per heavy atom. The van der Waals surface area contributed by atoms with Gasteiger partial charge in [-0.05, 0) is 42.8 Å². The highest BCUT2D eigenvalue weighted by molar-refractivity contribution is 7.89. The average molecular weight is 385 g/mol. The van der Waals surface area contributed by atoms with E-state index in [1.165, 1.54) is 18.3 Å². The van der Waals surface area contributed by atoms with Crippen LogP contribution in [0.3, 0.4) is 0 Å². The first-order valence-corrected chi connectivity index (χ1v) is 9.83. The third kappa shape index (κ3) is 4.57. The highest BCUT2D eigenvalue weighted by atomic mass is 32.2. The van der Waals surface area contributed by atoms with Crippen LogP contribution in [0.4, 0.5) is 5.69 Å². The van der Waals surface area contributed by atoms with Crippen LogP contribution in [0.1, 0.15) is 23.7 Å². The molecule has 0 spiro atoms. The number of benzene rings is 1. The van der Waals surface area contributed by atoms with Crippen molar-refractivity contribution in [1.29, 1.82) is 0 Å². The SMILES string of the molecule is CCCNS(=O)(=O)c1ccc(NC(=O)c2ccc(-n3ccnc3)nc2)cc1. The first kappa shape index (κ1) is 18.7. The lowest BCUT2D eigenvalue weighted by Crippen LogP contribution is -2.24. The molecule has 27 heavy (non-hydrogen) atoms. The molecule has 0 radical (unpaired) electrons. The zero-order chi connectivity index (χ0) is 19.3. The van der Waals surface area contributed by atoms with E-state index in [-0.39, 0.29) is 10.8 Å². The Bertz CT molecular complexity index is 998. The summed E-state index contributed by atoms with van der Waals surface area (Å²) in [7, 11) is -3.53. The van der Waals surface area contributed by atoms with Crippen LogP contribution in [0.15, 0.2) is 66.2 Å². The van der Waals surface area contributed by atoms with E-state index in [0.717, 1.165) is 0 Å². The molecule has 0 aliphatic carbocycles. The third-order valence-electron chi connectivity index (χ3n) is 3.74. The summed E-state index contributed by atoms with van der Waals surface area (Å²) in [6.07, 6.45) is 7.20. The maximum absolute atomic E-state index is 12.3.